The molecule has 2 N–H and O–H groups in total. The molecule has 0 aliphatic carbocycles. The number of carbonyl (C=O) groups is 1. The zero-order valence-corrected chi connectivity index (χ0v) is 12.0. The number of methoxy groups -OCH3 is 1. The topological polar surface area (TPSA) is 71.5 Å². The lowest BCUT2D eigenvalue weighted by Crippen LogP contribution is -2.26. The third-order valence-corrected chi connectivity index (χ3v) is 3.24. The zero-order chi connectivity index (χ0) is 15.2. The monoisotopic (exact) mass is 286 g/mol. The van der Waals surface area contributed by atoms with E-state index in [1.807, 2.05) is 0 Å². The van der Waals surface area contributed by atoms with Crippen molar-refractivity contribution in [3.63, 3.8) is 0 Å². The van der Waals surface area contributed by atoms with Gasteiger partial charge in [-0.2, -0.15) is 0 Å². The molecular weight excluding hydrogens is 268 g/mol. The van der Waals surface area contributed by atoms with Crippen LogP contribution in [0, 0.1) is 5.92 Å². The second-order valence-electron chi connectivity index (χ2n) is 4.71. The second kappa shape index (κ2) is 6.85. The maximum Gasteiger partial charge on any atom is 0.230 e. The van der Waals surface area contributed by atoms with Crippen LogP contribution in [0.4, 0.5) is 5.69 Å². The van der Waals surface area contributed by atoms with E-state index in [9.17, 15) is 9.90 Å². The Bertz CT molecular complexity index is 584. The lowest BCUT2D eigenvalue weighted by Gasteiger charge is -2.18. The Labute approximate surface area is 123 Å². The number of rotatable bonds is 5. The molecule has 0 aliphatic heterocycles. The molecule has 0 bridgehead atoms. The summed E-state index contributed by atoms with van der Waals surface area (Å²) in [6, 6.07) is 12.2. The molecule has 2 rings (SSSR count). The molecule has 5 nitrogen and oxygen atoms in total. The van der Waals surface area contributed by atoms with Crippen LogP contribution in [0.3, 0.4) is 0 Å². The summed E-state index contributed by atoms with van der Waals surface area (Å²) in [7, 11) is 1.58. The minimum absolute atomic E-state index is 0.265. The number of aliphatic hydroxyl groups excluding tert-OH is 1. The van der Waals surface area contributed by atoms with Crippen LogP contribution in [0.1, 0.15) is 18.7 Å². The number of benzene rings is 1. The van der Waals surface area contributed by atoms with E-state index in [2.05, 4.69) is 10.3 Å². The second-order valence-corrected chi connectivity index (χ2v) is 4.71. The van der Waals surface area contributed by atoms with Crippen molar-refractivity contribution in [2.24, 2.45) is 5.92 Å². The van der Waals surface area contributed by atoms with Gasteiger partial charge >= 0.3 is 0 Å². The summed E-state index contributed by atoms with van der Waals surface area (Å²) in [6.45, 7) is 1.66. The highest BCUT2D eigenvalue weighted by Crippen LogP contribution is 2.22. The van der Waals surface area contributed by atoms with Gasteiger partial charge in [0.2, 0.25) is 5.91 Å². The third kappa shape index (κ3) is 3.79. The Kier molecular flexibility index (Phi) is 4.90. The van der Waals surface area contributed by atoms with Crippen LogP contribution >= 0.6 is 0 Å². The number of hydrogen-bond acceptors (Lipinski definition) is 4. The summed E-state index contributed by atoms with van der Waals surface area (Å²) < 4.78 is 5.06. The van der Waals surface area contributed by atoms with Crippen LogP contribution in [0.15, 0.2) is 48.7 Å². The molecule has 0 spiro atoms. The lowest BCUT2D eigenvalue weighted by molar-refractivity contribution is -0.122. The number of aliphatic hydroxyl groups is 1. The van der Waals surface area contributed by atoms with Gasteiger partial charge in [0, 0.05) is 11.9 Å². The van der Waals surface area contributed by atoms with Crippen molar-refractivity contribution in [1.82, 2.24) is 4.98 Å². The number of aromatic nitrogens is 1. The Morgan fingerprint density at radius 3 is 2.52 bits per heavy atom. The minimum Gasteiger partial charge on any atom is -0.497 e. The Balaban J connectivity index is 2.01. The van der Waals surface area contributed by atoms with Gasteiger partial charge in [0.25, 0.3) is 0 Å². The molecule has 0 unspecified atom stereocenters. The number of hydrogen-bond donors (Lipinski definition) is 2. The van der Waals surface area contributed by atoms with Crippen LogP contribution in [-0.4, -0.2) is 23.1 Å². The van der Waals surface area contributed by atoms with E-state index in [4.69, 9.17) is 4.74 Å². The van der Waals surface area contributed by atoms with Gasteiger partial charge in [-0.3, -0.25) is 9.78 Å². The lowest BCUT2D eigenvalue weighted by atomic mass is 10.0. The molecule has 2 aromatic rings. The first-order chi connectivity index (χ1) is 10.1. The van der Waals surface area contributed by atoms with E-state index in [1.54, 1.807) is 62.7 Å². The SMILES string of the molecule is COc1ccc(NC(=O)[C@@H](C)[C@H](O)c2ccccn2)cc1. The first-order valence-electron chi connectivity index (χ1n) is 6.65. The molecule has 1 amide bonds. The average molecular weight is 286 g/mol. The van der Waals surface area contributed by atoms with E-state index in [-0.39, 0.29) is 5.91 Å². The Morgan fingerprint density at radius 2 is 1.95 bits per heavy atom. The molecule has 0 saturated heterocycles. The fraction of sp³-hybridized carbons (Fsp3) is 0.250. The van der Waals surface area contributed by atoms with Crippen LogP contribution in [0.2, 0.25) is 0 Å². The van der Waals surface area contributed by atoms with Gasteiger partial charge in [-0.15, -0.1) is 0 Å². The van der Waals surface area contributed by atoms with Crippen molar-refractivity contribution in [1.29, 1.82) is 0 Å². The third-order valence-electron chi connectivity index (χ3n) is 3.24. The summed E-state index contributed by atoms with van der Waals surface area (Å²) in [4.78, 5) is 16.2. The number of carbonyl (C=O) groups excluding carboxylic acids is 1. The predicted octanol–water partition coefficient (Wildman–Crippen LogP) is 2.40. The summed E-state index contributed by atoms with van der Waals surface area (Å²) in [5.74, 6) is -0.158. The maximum atomic E-state index is 12.2. The molecule has 0 radical (unpaired) electrons. The Morgan fingerprint density at radius 1 is 1.24 bits per heavy atom. The van der Waals surface area contributed by atoms with Gasteiger partial charge in [-0.05, 0) is 36.4 Å². The fourth-order valence-corrected chi connectivity index (χ4v) is 1.88. The van der Waals surface area contributed by atoms with E-state index in [0.29, 0.717) is 11.4 Å². The molecule has 0 fully saturated rings. The number of nitrogens with one attached hydrogen (secondary N) is 1. The molecule has 5 heteroatoms. The van der Waals surface area contributed by atoms with Crippen molar-refractivity contribution >= 4 is 11.6 Å². The van der Waals surface area contributed by atoms with Gasteiger partial charge < -0.3 is 15.2 Å². The molecule has 1 heterocycles. The van der Waals surface area contributed by atoms with E-state index in [1.165, 1.54) is 0 Å². The molecule has 1 aromatic carbocycles. The van der Waals surface area contributed by atoms with Gasteiger partial charge in [-0.1, -0.05) is 13.0 Å². The molecule has 2 atom stereocenters. The van der Waals surface area contributed by atoms with Gasteiger partial charge in [-0.25, -0.2) is 0 Å². The highest BCUT2D eigenvalue weighted by Gasteiger charge is 2.24. The van der Waals surface area contributed by atoms with Crippen molar-refractivity contribution in [2.75, 3.05) is 12.4 Å². The quantitative estimate of drug-likeness (QED) is 0.885. The first-order valence-corrected chi connectivity index (χ1v) is 6.65. The van der Waals surface area contributed by atoms with Crippen molar-refractivity contribution in [3.05, 3.63) is 54.4 Å². The molecule has 0 saturated carbocycles. The van der Waals surface area contributed by atoms with Crippen molar-refractivity contribution in [2.45, 2.75) is 13.0 Å². The van der Waals surface area contributed by atoms with Crippen LogP contribution in [-0.2, 0) is 4.79 Å². The fourth-order valence-electron chi connectivity index (χ4n) is 1.88. The van der Waals surface area contributed by atoms with Crippen LogP contribution in [0.25, 0.3) is 0 Å². The van der Waals surface area contributed by atoms with E-state index >= 15 is 0 Å². The average Bonchev–Trinajstić information content (AvgIpc) is 2.55. The normalized spacial score (nSPS) is 13.3. The van der Waals surface area contributed by atoms with E-state index < -0.39 is 12.0 Å². The highest BCUT2D eigenvalue weighted by atomic mass is 16.5. The molecule has 1 aromatic heterocycles. The van der Waals surface area contributed by atoms with Crippen LogP contribution < -0.4 is 10.1 Å². The standard InChI is InChI=1S/C16H18N2O3/c1-11(15(19)14-5-3-4-10-17-14)16(20)18-12-6-8-13(21-2)9-7-12/h3-11,15,19H,1-2H3,(H,18,20)/t11-,15-/m0/s1. The highest BCUT2D eigenvalue weighted by molar-refractivity contribution is 5.92. The summed E-state index contributed by atoms with van der Waals surface area (Å²) in [5, 5.41) is 12.9. The number of anilines is 1. The van der Waals surface area contributed by atoms with Gasteiger partial charge in [0.05, 0.1) is 18.7 Å². The van der Waals surface area contributed by atoms with Gasteiger partial charge in [0.15, 0.2) is 0 Å². The van der Waals surface area contributed by atoms with Crippen molar-refractivity contribution < 1.29 is 14.6 Å². The molecule has 21 heavy (non-hydrogen) atoms. The summed E-state index contributed by atoms with van der Waals surface area (Å²) in [6.07, 6.45) is 0.650. The van der Waals surface area contributed by atoms with E-state index in [0.717, 1.165) is 5.75 Å². The van der Waals surface area contributed by atoms with Crippen molar-refractivity contribution in [3.8, 4) is 5.75 Å². The number of nitrogens with zero attached hydrogens (tertiary/aromatic N) is 1. The maximum absolute atomic E-state index is 12.2. The number of amides is 1. The molecular formula is C16H18N2O3. The number of pyridine rings is 1. The molecule has 0 aliphatic rings. The largest absolute Gasteiger partial charge is 0.497 e. The molecule has 110 valence electrons. The number of ether oxygens (including phenoxy) is 1. The summed E-state index contributed by atoms with van der Waals surface area (Å²) >= 11 is 0. The smallest absolute Gasteiger partial charge is 0.230 e. The van der Waals surface area contributed by atoms with Gasteiger partial charge in [0.1, 0.15) is 11.9 Å². The first kappa shape index (κ1) is 15.0. The zero-order valence-electron chi connectivity index (χ0n) is 12.0. The summed E-state index contributed by atoms with van der Waals surface area (Å²) in [5.41, 5.74) is 1.13. The minimum atomic E-state index is -0.940. The van der Waals surface area contributed by atoms with Crippen LogP contribution in [0.5, 0.6) is 5.75 Å². The Hall–Kier alpha value is -2.40. The predicted molar refractivity (Wildman–Crippen MR) is 80.0 cm³/mol.